The van der Waals surface area contributed by atoms with E-state index >= 15 is 0 Å². The van der Waals surface area contributed by atoms with Gasteiger partial charge < -0.3 is 9.47 Å². The summed E-state index contributed by atoms with van der Waals surface area (Å²) in [5.74, 6) is 0.371. The van der Waals surface area contributed by atoms with E-state index in [0.29, 0.717) is 6.61 Å². The van der Waals surface area contributed by atoms with Crippen LogP contribution >= 0.6 is 0 Å². The second-order valence-electron chi connectivity index (χ2n) is 5.67. The van der Waals surface area contributed by atoms with Crippen LogP contribution in [-0.2, 0) is 9.53 Å². The van der Waals surface area contributed by atoms with E-state index in [1.54, 1.807) is 0 Å². The molecule has 0 radical (unpaired) electrons. The smallest absolute Gasteiger partial charge is 0.313 e. The summed E-state index contributed by atoms with van der Waals surface area (Å²) in [4.78, 5) is 12.0. The fourth-order valence-corrected chi connectivity index (χ4v) is 1.60. The third-order valence-electron chi connectivity index (χ3n) is 2.61. The van der Waals surface area contributed by atoms with Crippen molar-refractivity contribution in [3.63, 3.8) is 0 Å². The van der Waals surface area contributed by atoms with E-state index in [4.69, 9.17) is 9.47 Å². The van der Waals surface area contributed by atoms with Crippen LogP contribution in [-0.4, -0.2) is 18.2 Å². The number of rotatable bonds is 5. The normalized spacial score (nSPS) is 12.9. The first-order valence-corrected chi connectivity index (χ1v) is 6.79. The van der Waals surface area contributed by atoms with Crippen molar-refractivity contribution in [2.75, 3.05) is 6.61 Å². The predicted molar refractivity (Wildman–Crippen MR) is 76.5 cm³/mol. The van der Waals surface area contributed by atoms with E-state index in [0.717, 1.165) is 17.7 Å². The molecule has 106 valence electrons. The average Bonchev–Trinajstić information content (AvgIpc) is 2.34. The molecule has 0 saturated carbocycles. The highest BCUT2D eigenvalue weighted by atomic mass is 16.6. The van der Waals surface area contributed by atoms with Gasteiger partial charge in [-0.1, -0.05) is 19.1 Å². The summed E-state index contributed by atoms with van der Waals surface area (Å²) in [6, 6.07) is 7.62. The highest BCUT2D eigenvalue weighted by molar-refractivity contribution is 5.78. The van der Waals surface area contributed by atoms with E-state index in [1.807, 2.05) is 52.0 Å². The van der Waals surface area contributed by atoms with Gasteiger partial charge in [-0.05, 0) is 51.8 Å². The Bertz CT molecular complexity index is 401. The predicted octanol–water partition coefficient (Wildman–Crippen LogP) is 3.92. The van der Waals surface area contributed by atoms with Gasteiger partial charge in [0.05, 0.1) is 12.5 Å². The van der Waals surface area contributed by atoms with E-state index in [-0.39, 0.29) is 11.9 Å². The van der Waals surface area contributed by atoms with Gasteiger partial charge in [-0.2, -0.15) is 0 Å². The largest absolute Gasteiger partial charge is 0.494 e. The molecule has 0 spiro atoms. The first kappa shape index (κ1) is 15.5. The third kappa shape index (κ3) is 5.33. The van der Waals surface area contributed by atoms with Crippen molar-refractivity contribution in [1.29, 1.82) is 0 Å². The molecule has 0 heterocycles. The fourth-order valence-electron chi connectivity index (χ4n) is 1.60. The van der Waals surface area contributed by atoms with Crippen LogP contribution in [0.15, 0.2) is 24.3 Å². The molecule has 1 rings (SSSR count). The van der Waals surface area contributed by atoms with Crippen molar-refractivity contribution < 1.29 is 14.3 Å². The summed E-state index contributed by atoms with van der Waals surface area (Å²) in [5.41, 5.74) is 0.494. The first-order valence-electron chi connectivity index (χ1n) is 6.79. The van der Waals surface area contributed by atoms with Gasteiger partial charge in [0, 0.05) is 0 Å². The highest BCUT2D eigenvalue weighted by Crippen LogP contribution is 2.22. The molecular weight excluding hydrogens is 240 g/mol. The van der Waals surface area contributed by atoms with Crippen LogP contribution in [0.1, 0.15) is 52.5 Å². The molecule has 0 saturated heterocycles. The van der Waals surface area contributed by atoms with Gasteiger partial charge in [-0.15, -0.1) is 0 Å². The Balaban J connectivity index is 2.67. The molecule has 1 unspecified atom stereocenters. The second-order valence-corrected chi connectivity index (χ2v) is 5.67. The van der Waals surface area contributed by atoms with Crippen molar-refractivity contribution in [3.8, 4) is 5.75 Å². The summed E-state index contributed by atoms with van der Waals surface area (Å²) < 4.78 is 10.9. The lowest BCUT2D eigenvalue weighted by atomic mass is 10.0. The Morgan fingerprint density at radius 2 is 1.79 bits per heavy atom. The molecule has 0 aromatic heterocycles. The van der Waals surface area contributed by atoms with E-state index in [9.17, 15) is 4.79 Å². The fraction of sp³-hybridized carbons (Fsp3) is 0.562. The minimum atomic E-state index is -0.449. The Hall–Kier alpha value is -1.51. The van der Waals surface area contributed by atoms with Crippen LogP contribution in [0.5, 0.6) is 5.75 Å². The van der Waals surface area contributed by atoms with Gasteiger partial charge >= 0.3 is 5.97 Å². The molecule has 0 aliphatic rings. The van der Waals surface area contributed by atoms with Gasteiger partial charge in [0.1, 0.15) is 11.4 Å². The zero-order valence-electron chi connectivity index (χ0n) is 12.5. The minimum absolute atomic E-state index is 0.199. The SMILES string of the molecule is CCCOc1ccc(C(C)C(=O)OC(C)(C)C)cc1. The van der Waals surface area contributed by atoms with Crippen LogP contribution in [0.3, 0.4) is 0 Å². The number of carbonyl (C=O) groups is 1. The lowest BCUT2D eigenvalue weighted by Crippen LogP contribution is -2.26. The van der Waals surface area contributed by atoms with Crippen LogP contribution in [0, 0.1) is 0 Å². The minimum Gasteiger partial charge on any atom is -0.494 e. The number of benzene rings is 1. The Labute approximate surface area is 115 Å². The second kappa shape index (κ2) is 6.60. The van der Waals surface area contributed by atoms with Gasteiger partial charge in [-0.25, -0.2) is 0 Å². The summed E-state index contributed by atoms with van der Waals surface area (Å²) >= 11 is 0. The zero-order chi connectivity index (χ0) is 14.5. The zero-order valence-corrected chi connectivity index (χ0v) is 12.5. The lowest BCUT2D eigenvalue weighted by Gasteiger charge is -2.22. The Morgan fingerprint density at radius 3 is 2.26 bits per heavy atom. The summed E-state index contributed by atoms with van der Waals surface area (Å²) in [6.07, 6.45) is 0.982. The van der Waals surface area contributed by atoms with Crippen LogP contribution in [0.4, 0.5) is 0 Å². The van der Waals surface area contributed by atoms with Gasteiger partial charge in [0.15, 0.2) is 0 Å². The number of hydrogen-bond acceptors (Lipinski definition) is 3. The number of esters is 1. The molecule has 1 atom stereocenters. The Kier molecular flexibility index (Phi) is 5.40. The average molecular weight is 264 g/mol. The maximum Gasteiger partial charge on any atom is 0.313 e. The molecule has 0 aliphatic carbocycles. The molecule has 0 aliphatic heterocycles. The van der Waals surface area contributed by atoms with Crippen molar-refractivity contribution in [2.45, 2.75) is 52.6 Å². The van der Waals surface area contributed by atoms with Crippen molar-refractivity contribution >= 4 is 5.97 Å². The maximum absolute atomic E-state index is 12.0. The summed E-state index contributed by atoms with van der Waals surface area (Å²) in [7, 11) is 0. The van der Waals surface area contributed by atoms with Crippen molar-refractivity contribution in [3.05, 3.63) is 29.8 Å². The van der Waals surface area contributed by atoms with Crippen LogP contribution in [0.2, 0.25) is 0 Å². The third-order valence-corrected chi connectivity index (χ3v) is 2.61. The maximum atomic E-state index is 12.0. The topological polar surface area (TPSA) is 35.5 Å². The van der Waals surface area contributed by atoms with Crippen molar-refractivity contribution in [1.82, 2.24) is 0 Å². The van der Waals surface area contributed by atoms with Crippen LogP contribution < -0.4 is 4.74 Å². The molecule has 1 aromatic carbocycles. The van der Waals surface area contributed by atoms with Crippen LogP contribution in [0.25, 0.3) is 0 Å². The molecule has 3 nitrogen and oxygen atoms in total. The molecule has 19 heavy (non-hydrogen) atoms. The summed E-state index contributed by atoms with van der Waals surface area (Å²) in [6.45, 7) is 10.3. The first-order chi connectivity index (χ1) is 8.83. The van der Waals surface area contributed by atoms with E-state index < -0.39 is 5.60 Å². The Morgan fingerprint density at radius 1 is 1.21 bits per heavy atom. The highest BCUT2D eigenvalue weighted by Gasteiger charge is 2.22. The molecule has 0 bridgehead atoms. The van der Waals surface area contributed by atoms with Gasteiger partial charge in [0.2, 0.25) is 0 Å². The molecule has 3 heteroatoms. The standard InChI is InChI=1S/C16H24O3/c1-6-11-18-14-9-7-13(8-10-14)12(2)15(17)19-16(3,4)5/h7-10,12H,6,11H2,1-5H3. The number of ether oxygens (including phenoxy) is 2. The number of carbonyl (C=O) groups excluding carboxylic acids is 1. The molecule has 1 aromatic rings. The monoisotopic (exact) mass is 264 g/mol. The van der Waals surface area contributed by atoms with Gasteiger partial charge in [0.25, 0.3) is 0 Å². The molecule has 0 N–H and O–H groups in total. The van der Waals surface area contributed by atoms with Gasteiger partial charge in [-0.3, -0.25) is 4.79 Å². The molecule has 0 amide bonds. The van der Waals surface area contributed by atoms with E-state index in [1.165, 1.54) is 0 Å². The van der Waals surface area contributed by atoms with Crippen molar-refractivity contribution in [2.24, 2.45) is 0 Å². The molecular formula is C16H24O3. The van der Waals surface area contributed by atoms with E-state index in [2.05, 4.69) is 6.92 Å². The number of hydrogen-bond donors (Lipinski definition) is 0. The molecule has 0 fully saturated rings. The lowest BCUT2D eigenvalue weighted by molar-refractivity contribution is -0.156. The summed E-state index contributed by atoms with van der Waals surface area (Å²) in [5, 5.41) is 0. The quantitative estimate of drug-likeness (QED) is 0.756.